The van der Waals surface area contributed by atoms with E-state index in [2.05, 4.69) is 22.3 Å². The number of anilines is 2. The van der Waals surface area contributed by atoms with Crippen LogP contribution < -0.4 is 10.2 Å². The van der Waals surface area contributed by atoms with E-state index in [1.165, 1.54) is 5.69 Å². The summed E-state index contributed by atoms with van der Waals surface area (Å²) in [6.07, 6.45) is 2.53. The van der Waals surface area contributed by atoms with Crippen LogP contribution in [0.25, 0.3) is 0 Å². The van der Waals surface area contributed by atoms with Crippen LogP contribution in [-0.2, 0) is 9.53 Å². The van der Waals surface area contributed by atoms with Gasteiger partial charge in [0.2, 0.25) is 5.91 Å². The van der Waals surface area contributed by atoms with Crippen LogP contribution >= 0.6 is 0 Å². The lowest BCUT2D eigenvalue weighted by atomic mass is 10.1. The van der Waals surface area contributed by atoms with Crippen molar-refractivity contribution in [3.05, 3.63) is 47.9 Å². The first-order chi connectivity index (χ1) is 11.7. The molecule has 2 aromatic rings. The molecule has 1 aliphatic carbocycles. The molecule has 2 aliphatic rings. The third-order valence-corrected chi connectivity index (χ3v) is 4.88. The highest BCUT2D eigenvalue weighted by Gasteiger charge is 2.45. The van der Waals surface area contributed by atoms with Crippen LogP contribution in [0.4, 0.5) is 11.4 Å². The molecular formula is C19H22N2O3. The molecular weight excluding hydrogens is 304 g/mol. The lowest BCUT2D eigenvalue weighted by Gasteiger charge is -2.29. The monoisotopic (exact) mass is 326 g/mol. The summed E-state index contributed by atoms with van der Waals surface area (Å²) in [5, 5.41) is 3.07. The topological polar surface area (TPSA) is 54.7 Å². The SMILES string of the molecule is Cc1cc(N2CCOCC2)ccc1NC(=O)C1CC1c1ccco1. The summed E-state index contributed by atoms with van der Waals surface area (Å²) in [5.74, 6) is 1.25. The van der Waals surface area contributed by atoms with Crippen molar-refractivity contribution in [1.29, 1.82) is 0 Å². The van der Waals surface area contributed by atoms with E-state index >= 15 is 0 Å². The molecule has 5 heteroatoms. The third-order valence-electron chi connectivity index (χ3n) is 4.88. The number of hydrogen-bond acceptors (Lipinski definition) is 4. The second-order valence-electron chi connectivity index (χ2n) is 6.55. The molecule has 1 N–H and O–H groups in total. The maximum atomic E-state index is 12.4. The number of amides is 1. The summed E-state index contributed by atoms with van der Waals surface area (Å²) < 4.78 is 10.8. The molecule has 0 radical (unpaired) electrons. The van der Waals surface area contributed by atoms with Gasteiger partial charge in [-0.1, -0.05) is 0 Å². The van der Waals surface area contributed by atoms with E-state index in [-0.39, 0.29) is 17.7 Å². The zero-order valence-corrected chi connectivity index (χ0v) is 13.8. The number of hydrogen-bond donors (Lipinski definition) is 1. The maximum Gasteiger partial charge on any atom is 0.228 e. The molecule has 1 saturated heterocycles. The number of aryl methyl sites for hydroxylation is 1. The Balaban J connectivity index is 1.40. The van der Waals surface area contributed by atoms with E-state index in [1.54, 1.807) is 6.26 Å². The third kappa shape index (κ3) is 3.04. The van der Waals surface area contributed by atoms with Crippen molar-refractivity contribution in [3.63, 3.8) is 0 Å². The lowest BCUT2D eigenvalue weighted by Crippen LogP contribution is -2.36. The molecule has 1 saturated carbocycles. The van der Waals surface area contributed by atoms with Crippen LogP contribution in [-0.4, -0.2) is 32.2 Å². The van der Waals surface area contributed by atoms with Gasteiger partial charge in [-0.3, -0.25) is 4.79 Å². The number of carbonyl (C=O) groups is 1. The van der Waals surface area contributed by atoms with Crippen LogP contribution in [0.2, 0.25) is 0 Å². The van der Waals surface area contributed by atoms with Gasteiger partial charge in [0.25, 0.3) is 0 Å². The largest absolute Gasteiger partial charge is 0.469 e. The maximum absolute atomic E-state index is 12.4. The Labute approximate surface area is 141 Å². The Kier molecular flexibility index (Phi) is 4.02. The Morgan fingerprint density at radius 2 is 2.08 bits per heavy atom. The highest BCUT2D eigenvalue weighted by Crippen LogP contribution is 2.48. The van der Waals surface area contributed by atoms with Crippen molar-refractivity contribution in [2.75, 3.05) is 36.5 Å². The lowest BCUT2D eigenvalue weighted by molar-refractivity contribution is -0.117. The minimum atomic E-state index is 0.0227. The Hall–Kier alpha value is -2.27. The van der Waals surface area contributed by atoms with Crippen LogP contribution in [0.15, 0.2) is 41.0 Å². The number of furan rings is 1. The quantitative estimate of drug-likeness (QED) is 0.938. The zero-order valence-electron chi connectivity index (χ0n) is 13.8. The van der Waals surface area contributed by atoms with Crippen LogP contribution in [0.1, 0.15) is 23.7 Å². The average molecular weight is 326 g/mol. The molecule has 5 nitrogen and oxygen atoms in total. The van der Waals surface area contributed by atoms with E-state index in [0.717, 1.165) is 49.7 Å². The summed E-state index contributed by atoms with van der Waals surface area (Å²) >= 11 is 0. The number of nitrogens with one attached hydrogen (secondary N) is 1. The Bertz CT molecular complexity index is 720. The van der Waals surface area contributed by atoms with Gasteiger partial charge in [0.15, 0.2) is 0 Å². The molecule has 0 bridgehead atoms. The number of carbonyl (C=O) groups excluding carboxylic acids is 1. The number of benzene rings is 1. The number of morpholine rings is 1. The van der Waals surface area contributed by atoms with E-state index in [1.807, 2.05) is 25.1 Å². The van der Waals surface area contributed by atoms with Crippen LogP contribution in [0.3, 0.4) is 0 Å². The first kappa shape index (κ1) is 15.3. The molecule has 1 aromatic carbocycles. The van der Waals surface area contributed by atoms with Gasteiger partial charge in [-0.05, 0) is 49.2 Å². The summed E-state index contributed by atoms with van der Waals surface area (Å²) in [4.78, 5) is 14.8. The Morgan fingerprint density at radius 1 is 1.25 bits per heavy atom. The second kappa shape index (κ2) is 6.32. The normalized spacial score (nSPS) is 23.1. The van der Waals surface area contributed by atoms with Crippen LogP contribution in [0, 0.1) is 12.8 Å². The molecule has 2 atom stereocenters. The predicted molar refractivity (Wildman–Crippen MR) is 92.4 cm³/mol. The van der Waals surface area contributed by atoms with Crippen molar-refractivity contribution in [3.8, 4) is 0 Å². The minimum Gasteiger partial charge on any atom is -0.469 e. The van der Waals surface area contributed by atoms with E-state index < -0.39 is 0 Å². The molecule has 2 fully saturated rings. The molecule has 0 spiro atoms. The van der Waals surface area contributed by atoms with E-state index in [4.69, 9.17) is 9.15 Å². The van der Waals surface area contributed by atoms with Crippen molar-refractivity contribution in [1.82, 2.24) is 0 Å². The molecule has 1 amide bonds. The summed E-state index contributed by atoms with van der Waals surface area (Å²) in [5.41, 5.74) is 3.17. The van der Waals surface area contributed by atoms with E-state index in [9.17, 15) is 4.79 Å². The molecule has 2 unspecified atom stereocenters. The van der Waals surface area contributed by atoms with E-state index in [0.29, 0.717) is 0 Å². The van der Waals surface area contributed by atoms with Gasteiger partial charge in [-0.25, -0.2) is 0 Å². The fraction of sp³-hybridized carbons (Fsp3) is 0.421. The molecule has 2 heterocycles. The number of ether oxygens (including phenoxy) is 1. The number of nitrogens with zero attached hydrogens (tertiary/aromatic N) is 1. The highest BCUT2D eigenvalue weighted by atomic mass is 16.5. The Morgan fingerprint density at radius 3 is 2.79 bits per heavy atom. The van der Waals surface area contributed by atoms with Crippen molar-refractivity contribution < 1.29 is 13.9 Å². The summed E-state index contributed by atoms with van der Waals surface area (Å²) in [6, 6.07) is 10.0. The fourth-order valence-electron chi connectivity index (χ4n) is 3.33. The molecule has 4 rings (SSSR count). The van der Waals surface area contributed by atoms with Gasteiger partial charge in [-0.15, -0.1) is 0 Å². The van der Waals surface area contributed by atoms with Crippen LogP contribution in [0.5, 0.6) is 0 Å². The standard InChI is InChI=1S/C19H22N2O3/c1-13-11-14(21-6-9-23-10-7-21)4-5-17(13)20-19(22)16-12-15(16)18-3-2-8-24-18/h2-5,8,11,15-16H,6-7,9-10,12H2,1H3,(H,20,22). The molecule has 1 aliphatic heterocycles. The van der Waals surface area contributed by atoms with Gasteiger partial charge in [-0.2, -0.15) is 0 Å². The molecule has 24 heavy (non-hydrogen) atoms. The van der Waals surface area contributed by atoms with Gasteiger partial charge in [0, 0.05) is 36.3 Å². The predicted octanol–water partition coefficient (Wildman–Crippen LogP) is 3.17. The average Bonchev–Trinajstić information content (AvgIpc) is 3.23. The van der Waals surface area contributed by atoms with Gasteiger partial charge in [0.05, 0.1) is 19.5 Å². The first-order valence-electron chi connectivity index (χ1n) is 8.50. The first-order valence-corrected chi connectivity index (χ1v) is 8.50. The second-order valence-corrected chi connectivity index (χ2v) is 6.55. The van der Waals surface area contributed by atoms with Crippen molar-refractivity contribution in [2.24, 2.45) is 5.92 Å². The summed E-state index contributed by atoms with van der Waals surface area (Å²) in [7, 11) is 0. The molecule has 1 aromatic heterocycles. The van der Waals surface area contributed by atoms with Gasteiger partial charge >= 0.3 is 0 Å². The fourth-order valence-corrected chi connectivity index (χ4v) is 3.33. The minimum absolute atomic E-state index is 0.0227. The van der Waals surface area contributed by atoms with Gasteiger partial charge in [0.1, 0.15) is 5.76 Å². The molecule has 126 valence electrons. The smallest absolute Gasteiger partial charge is 0.228 e. The van der Waals surface area contributed by atoms with Gasteiger partial charge < -0.3 is 19.4 Å². The van der Waals surface area contributed by atoms with Crippen molar-refractivity contribution >= 4 is 17.3 Å². The van der Waals surface area contributed by atoms with Crippen molar-refractivity contribution in [2.45, 2.75) is 19.3 Å². The highest BCUT2D eigenvalue weighted by molar-refractivity contribution is 5.96. The zero-order chi connectivity index (χ0) is 16.5. The number of rotatable bonds is 4. The summed E-state index contributed by atoms with van der Waals surface area (Å²) in [6.45, 7) is 5.41.